The van der Waals surface area contributed by atoms with Crippen molar-refractivity contribution in [2.24, 2.45) is 0 Å². The summed E-state index contributed by atoms with van der Waals surface area (Å²) < 4.78 is 39.3. The van der Waals surface area contributed by atoms with Crippen molar-refractivity contribution in [2.75, 3.05) is 36.0 Å². The number of hydrogen-bond acceptors (Lipinski definition) is 7. The number of furan rings is 1. The first-order valence-electron chi connectivity index (χ1n) is 10.7. The topological polar surface area (TPSA) is 88.8 Å². The number of carbonyl (C=O) groups is 1. The number of amides is 1. The molecule has 3 aromatic rings. The molecular weight excluding hydrogens is 492 g/mol. The maximum absolute atomic E-state index is 13.6. The first-order chi connectivity index (χ1) is 16.5. The van der Waals surface area contributed by atoms with E-state index in [9.17, 15) is 13.2 Å². The van der Waals surface area contributed by atoms with Gasteiger partial charge in [0, 0.05) is 17.2 Å². The molecule has 0 saturated heterocycles. The number of para-hydroxylation sites is 2. The molecule has 1 aromatic heterocycles. The number of carbonyl (C=O) groups excluding carboxylic acids is 1. The van der Waals surface area contributed by atoms with E-state index in [1.807, 2.05) is 25.3 Å². The minimum Gasteiger partial charge on any atom is -0.492 e. The van der Waals surface area contributed by atoms with E-state index in [2.05, 4.69) is 5.32 Å². The van der Waals surface area contributed by atoms with Gasteiger partial charge in [-0.25, -0.2) is 8.42 Å². The van der Waals surface area contributed by atoms with Crippen LogP contribution in [0.1, 0.15) is 12.7 Å². The smallest absolute Gasteiger partial charge is 0.264 e. The molecule has 182 valence electrons. The number of benzene rings is 2. The highest BCUT2D eigenvalue weighted by Gasteiger charge is 2.29. The van der Waals surface area contributed by atoms with Crippen LogP contribution in [-0.4, -0.2) is 46.0 Å². The first kappa shape index (κ1) is 26.1. The third kappa shape index (κ3) is 6.97. The molecule has 0 aliphatic heterocycles. The number of hydrogen-bond donors (Lipinski definition) is 1. The van der Waals surface area contributed by atoms with Gasteiger partial charge in [-0.3, -0.25) is 9.10 Å². The Morgan fingerprint density at radius 3 is 2.53 bits per heavy atom. The average molecular weight is 521 g/mol. The van der Waals surface area contributed by atoms with Gasteiger partial charge in [0.25, 0.3) is 10.0 Å². The molecule has 0 fully saturated rings. The fourth-order valence-corrected chi connectivity index (χ4v) is 5.73. The van der Waals surface area contributed by atoms with Crippen LogP contribution in [0.2, 0.25) is 0 Å². The zero-order valence-corrected chi connectivity index (χ0v) is 21.5. The van der Waals surface area contributed by atoms with Gasteiger partial charge in [0.1, 0.15) is 18.1 Å². The van der Waals surface area contributed by atoms with E-state index >= 15 is 0 Å². The Morgan fingerprint density at radius 1 is 1.09 bits per heavy atom. The normalized spacial score (nSPS) is 11.2. The number of sulfonamides is 1. The van der Waals surface area contributed by atoms with Gasteiger partial charge >= 0.3 is 0 Å². The fraction of sp³-hybridized carbons (Fsp3) is 0.292. The summed E-state index contributed by atoms with van der Waals surface area (Å²) in [4.78, 5) is 13.8. The molecule has 1 amide bonds. The molecule has 1 N–H and O–H groups in total. The highest BCUT2D eigenvalue weighted by atomic mass is 32.2. The van der Waals surface area contributed by atoms with Gasteiger partial charge in [0.15, 0.2) is 0 Å². The number of ether oxygens (including phenoxy) is 1. The van der Waals surface area contributed by atoms with E-state index < -0.39 is 15.9 Å². The molecule has 3 rings (SSSR count). The molecule has 10 heteroatoms. The van der Waals surface area contributed by atoms with Crippen molar-refractivity contribution < 1.29 is 22.4 Å². The van der Waals surface area contributed by atoms with Crippen molar-refractivity contribution in [2.45, 2.75) is 22.5 Å². The number of nitrogens with one attached hydrogen (secondary N) is 1. The van der Waals surface area contributed by atoms with Gasteiger partial charge in [-0.15, -0.1) is 11.8 Å². The highest BCUT2D eigenvalue weighted by Crippen LogP contribution is 2.32. The highest BCUT2D eigenvalue weighted by molar-refractivity contribution is 7.98. The minimum absolute atomic E-state index is 0.110. The molecule has 0 bridgehead atoms. The van der Waals surface area contributed by atoms with Crippen LogP contribution in [-0.2, 0) is 20.6 Å². The van der Waals surface area contributed by atoms with E-state index in [-0.39, 0.29) is 11.4 Å². The molecule has 0 aliphatic rings. The Bertz CT molecular complexity index is 1150. The molecule has 0 atom stereocenters. The Balaban J connectivity index is 1.75. The quantitative estimate of drug-likeness (QED) is 0.259. The van der Waals surface area contributed by atoms with Crippen molar-refractivity contribution in [1.82, 2.24) is 5.32 Å². The van der Waals surface area contributed by atoms with Crippen LogP contribution in [0.15, 0.2) is 81.1 Å². The van der Waals surface area contributed by atoms with E-state index in [4.69, 9.17) is 9.15 Å². The van der Waals surface area contributed by atoms with E-state index in [1.165, 1.54) is 11.8 Å². The maximum atomic E-state index is 13.6. The Hall–Kier alpha value is -2.56. The zero-order chi connectivity index (χ0) is 24.4. The van der Waals surface area contributed by atoms with Gasteiger partial charge < -0.3 is 14.5 Å². The Kier molecular flexibility index (Phi) is 9.79. The summed E-state index contributed by atoms with van der Waals surface area (Å²) in [6.45, 7) is 2.24. The van der Waals surface area contributed by atoms with Crippen molar-refractivity contribution in [3.05, 3.63) is 72.7 Å². The summed E-state index contributed by atoms with van der Waals surface area (Å²) in [5.74, 6) is 2.25. The Labute approximate surface area is 209 Å². The van der Waals surface area contributed by atoms with Crippen LogP contribution in [0.5, 0.6) is 5.75 Å². The van der Waals surface area contributed by atoms with Crippen LogP contribution >= 0.6 is 23.5 Å². The molecule has 34 heavy (non-hydrogen) atoms. The largest absolute Gasteiger partial charge is 0.492 e. The molecule has 0 saturated carbocycles. The lowest BCUT2D eigenvalue weighted by atomic mass is 10.3. The lowest BCUT2D eigenvalue weighted by Crippen LogP contribution is -2.41. The van der Waals surface area contributed by atoms with Crippen molar-refractivity contribution in [3.8, 4) is 5.75 Å². The second-order valence-corrected chi connectivity index (χ2v) is 10.9. The molecule has 2 aromatic carbocycles. The summed E-state index contributed by atoms with van der Waals surface area (Å²) in [5, 5.41) is 2.82. The standard InChI is InChI=1S/C24H28N2O5S3/c1-3-30-23-9-5-4-8-22(23)26(34(28,29)21-12-10-20(32-2)11-13-21)17-24(27)25-14-16-33-18-19-7-6-15-31-19/h4-13,15H,3,14,16-18H2,1-2H3,(H,25,27). The number of anilines is 1. The van der Waals surface area contributed by atoms with Crippen LogP contribution in [0.25, 0.3) is 0 Å². The molecule has 0 unspecified atom stereocenters. The maximum Gasteiger partial charge on any atom is 0.264 e. The van der Waals surface area contributed by atoms with E-state index in [1.54, 1.807) is 66.6 Å². The minimum atomic E-state index is -4.01. The number of rotatable bonds is 13. The summed E-state index contributed by atoms with van der Waals surface area (Å²) in [6, 6.07) is 17.2. The predicted octanol–water partition coefficient (Wildman–Crippen LogP) is 4.65. The third-order valence-electron chi connectivity index (χ3n) is 4.76. The fourth-order valence-electron chi connectivity index (χ4n) is 3.13. The van der Waals surface area contributed by atoms with Crippen molar-refractivity contribution >= 4 is 45.1 Å². The molecule has 0 aliphatic carbocycles. The molecule has 7 nitrogen and oxygen atoms in total. The van der Waals surface area contributed by atoms with E-state index in [0.717, 1.165) is 15.0 Å². The molecule has 0 radical (unpaired) electrons. The summed E-state index contributed by atoms with van der Waals surface area (Å²) in [6.07, 6.45) is 3.55. The predicted molar refractivity (Wildman–Crippen MR) is 138 cm³/mol. The summed E-state index contributed by atoms with van der Waals surface area (Å²) >= 11 is 3.15. The molecule has 1 heterocycles. The van der Waals surface area contributed by atoms with Gasteiger partial charge in [-0.05, 0) is 61.7 Å². The van der Waals surface area contributed by atoms with Crippen LogP contribution in [0.3, 0.4) is 0 Å². The monoisotopic (exact) mass is 520 g/mol. The Morgan fingerprint density at radius 2 is 1.85 bits per heavy atom. The molecular formula is C24H28N2O5S3. The van der Waals surface area contributed by atoms with Gasteiger partial charge in [0.05, 0.1) is 29.2 Å². The number of thioether (sulfide) groups is 2. The lowest BCUT2D eigenvalue weighted by molar-refractivity contribution is -0.119. The van der Waals surface area contributed by atoms with Crippen LogP contribution in [0.4, 0.5) is 5.69 Å². The van der Waals surface area contributed by atoms with Crippen molar-refractivity contribution in [3.63, 3.8) is 0 Å². The van der Waals surface area contributed by atoms with Crippen LogP contribution in [0, 0.1) is 0 Å². The number of nitrogens with zero attached hydrogens (tertiary/aromatic N) is 1. The van der Waals surface area contributed by atoms with Gasteiger partial charge in [0.2, 0.25) is 5.91 Å². The third-order valence-corrected chi connectivity index (χ3v) is 8.26. The van der Waals surface area contributed by atoms with Crippen LogP contribution < -0.4 is 14.4 Å². The van der Waals surface area contributed by atoms with E-state index in [0.29, 0.717) is 36.1 Å². The first-order valence-corrected chi connectivity index (χ1v) is 14.5. The van der Waals surface area contributed by atoms with Gasteiger partial charge in [-0.1, -0.05) is 12.1 Å². The van der Waals surface area contributed by atoms with Crippen molar-refractivity contribution in [1.29, 1.82) is 0 Å². The average Bonchev–Trinajstić information content (AvgIpc) is 3.36. The second-order valence-electron chi connectivity index (χ2n) is 7.07. The zero-order valence-electron chi connectivity index (χ0n) is 19.1. The SMILES string of the molecule is CCOc1ccccc1N(CC(=O)NCCSCc1ccco1)S(=O)(=O)c1ccc(SC)cc1. The summed E-state index contributed by atoms with van der Waals surface area (Å²) in [5.41, 5.74) is 0.320. The summed E-state index contributed by atoms with van der Waals surface area (Å²) in [7, 11) is -4.01. The second kappa shape index (κ2) is 12.8. The lowest BCUT2D eigenvalue weighted by Gasteiger charge is -2.26. The molecule has 0 spiro atoms. The van der Waals surface area contributed by atoms with Gasteiger partial charge in [-0.2, -0.15) is 11.8 Å².